The fourth-order valence-electron chi connectivity index (χ4n) is 3.28. The number of rotatable bonds is 3. The van der Waals surface area contributed by atoms with Crippen molar-refractivity contribution >= 4 is 5.65 Å². The van der Waals surface area contributed by atoms with Gasteiger partial charge < -0.3 is 15.0 Å². The smallest absolute Gasteiger partial charge is 0.258 e. The zero-order valence-electron chi connectivity index (χ0n) is 12.6. The number of hydrogen-bond acceptors (Lipinski definition) is 4. The van der Waals surface area contributed by atoms with Crippen LogP contribution in [0.15, 0.2) is 11.0 Å². The number of fused-ring (bicyclic) bond motifs is 1. The van der Waals surface area contributed by atoms with E-state index in [0.717, 1.165) is 31.2 Å². The first-order valence-corrected chi connectivity index (χ1v) is 7.54. The van der Waals surface area contributed by atoms with Gasteiger partial charge in [-0.15, -0.1) is 0 Å². The minimum atomic E-state index is -0.174. The monoisotopic (exact) mass is 290 g/mol. The number of H-pyrrole nitrogens is 1. The van der Waals surface area contributed by atoms with Gasteiger partial charge in [-0.3, -0.25) is 4.79 Å². The quantitative estimate of drug-likeness (QED) is 0.904. The van der Waals surface area contributed by atoms with Gasteiger partial charge in [0.05, 0.1) is 11.8 Å². The largest absolute Gasteiger partial charge is 0.493 e. The molecule has 0 bridgehead atoms. The predicted molar refractivity (Wildman–Crippen MR) is 80.7 cm³/mol. The molecule has 2 aromatic heterocycles. The van der Waals surface area contributed by atoms with Gasteiger partial charge in [0.15, 0.2) is 0 Å². The van der Waals surface area contributed by atoms with E-state index in [1.807, 2.05) is 19.0 Å². The highest BCUT2D eigenvalue weighted by Crippen LogP contribution is 2.35. The van der Waals surface area contributed by atoms with Crippen LogP contribution in [0.1, 0.15) is 49.1 Å². The van der Waals surface area contributed by atoms with Crippen LogP contribution in [0.4, 0.5) is 0 Å². The summed E-state index contributed by atoms with van der Waals surface area (Å²) >= 11 is 0. The second-order valence-corrected chi connectivity index (χ2v) is 6.19. The minimum absolute atomic E-state index is 0.00524. The van der Waals surface area contributed by atoms with Crippen molar-refractivity contribution in [3.8, 4) is 5.88 Å². The van der Waals surface area contributed by atoms with Gasteiger partial charge in [-0.05, 0) is 32.9 Å². The maximum Gasteiger partial charge on any atom is 0.258 e. The van der Waals surface area contributed by atoms with Crippen LogP contribution in [-0.2, 0) is 6.54 Å². The molecule has 1 saturated carbocycles. The Morgan fingerprint density at radius 3 is 2.76 bits per heavy atom. The minimum Gasteiger partial charge on any atom is -0.493 e. The average Bonchev–Trinajstić information content (AvgIpc) is 2.82. The van der Waals surface area contributed by atoms with E-state index in [9.17, 15) is 9.90 Å². The highest BCUT2D eigenvalue weighted by Gasteiger charge is 2.24. The molecule has 0 saturated heterocycles. The van der Waals surface area contributed by atoms with Gasteiger partial charge in [-0.25, -0.2) is 0 Å². The molecule has 2 heterocycles. The average molecular weight is 290 g/mol. The van der Waals surface area contributed by atoms with Crippen LogP contribution in [0.5, 0.6) is 5.88 Å². The molecule has 0 unspecified atom stereocenters. The third-order valence-electron chi connectivity index (χ3n) is 4.26. The fraction of sp³-hybridized carbons (Fsp3) is 0.600. The lowest BCUT2D eigenvalue weighted by molar-refractivity contribution is 0.389. The number of aromatic nitrogens is 3. The van der Waals surface area contributed by atoms with Crippen molar-refractivity contribution in [2.45, 2.75) is 44.6 Å². The van der Waals surface area contributed by atoms with Gasteiger partial charge in [0.2, 0.25) is 5.88 Å². The second kappa shape index (κ2) is 5.52. The summed E-state index contributed by atoms with van der Waals surface area (Å²) in [6.45, 7) is 0.668. The van der Waals surface area contributed by atoms with Crippen molar-refractivity contribution in [3.63, 3.8) is 0 Å². The van der Waals surface area contributed by atoms with Crippen LogP contribution in [0.2, 0.25) is 0 Å². The Labute approximate surface area is 123 Å². The third-order valence-corrected chi connectivity index (χ3v) is 4.26. The summed E-state index contributed by atoms with van der Waals surface area (Å²) in [6, 6.07) is 0. The molecular formula is C15H22N4O2. The molecule has 0 radical (unpaired) electrons. The topological polar surface area (TPSA) is 73.6 Å². The predicted octanol–water partition coefficient (Wildman–Crippen LogP) is 1.84. The summed E-state index contributed by atoms with van der Waals surface area (Å²) in [7, 11) is 3.91. The Hall–Kier alpha value is -1.82. The van der Waals surface area contributed by atoms with Crippen molar-refractivity contribution in [3.05, 3.63) is 27.7 Å². The van der Waals surface area contributed by atoms with Gasteiger partial charge in [0.1, 0.15) is 5.65 Å². The summed E-state index contributed by atoms with van der Waals surface area (Å²) in [5.74, 6) is 0.152. The highest BCUT2D eigenvalue weighted by atomic mass is 16.3. The van der Waals surface area contributed by atoms with Crippen LogP contribution in [0.3, 0.4) is 0 Å². The maximum atomic E-state index is 12.4. The normalized spacial score (nSPS) is 16.9. The molecule has 0 spiro atoms. The Bertz CT molecular complexity index is 695. The van der Waals surface area contributed by atoms with E-state index >= 15 is 0 Å². The van der Waals surface area contributed by atoms with Gasteiger partial charge in [0.25, 0.3) is 5.56 Å². The van der Waals surface area contributed by atoms with Gasteiger partial charge in [-0.2, -0.15) is 9.61 Å². The van der Waals surface area contributed by atoms with Crippen molar-refractivity contribution in [1.29, 1.82) is 0 Å². The molecule has 114 valence electrons. The summed E-state index contributed by atoms with van der Waals surface area (Å²) in [6.07, 6.45) is 7.09. The van der Waals surface area contributed by atoms with Crippen LogP contribution < -0.4 is 5.56 Å². The fourth-order valence-corrected chi connectivity index (χ4v) is 3.28. The molecule has 2 aromatic rings. The molecule has 1 aliphatic carbocycles. The first kappa shape index (κ1) is 14.1. The van der Waals surface area contributed by atoms with E-state index in [4.69, 9.17) is 0 Å². The number of aromatic amines is 1. The maximum absolute atomic E-state index is 12.4. The first-order valence-electron chi connectivity index (χ1n) is 7.54. The molecule has 3 rings (SSSR count). The molecule has 21 heavy (non-hydrogen) atoms. The molecule has 2 N–H and O–H groups in total. The van der Waals surface area contributed by atoms with Gasteiger partial charge in [-0.1, -0.05) is 19.3 Å². The molecule has 0 aliphatic heterocycles. The van der Waals surface area contributed by atoms with Crippen LogP contribution in [-0.4, -0.2) is 38.7 Å². The molecule has 0 atom stereocenters. The van der Waals surface area contributed by atoms with Crippen LogP contribution in [0, 0.1) is 0 Å². The number of nitrogens with zero attached hydrogens (tertiary/aromatic N) is 3. The van der Waals surface area contributed by atoms with E-state index in [1.165, 1.54) is 10.9 Å². The number of aromatic hydroxyl groups is 1. The third kappa shape index (κ3) is 2.55. The Morgan fingerprint density at radius 2 is 2.10 bits per heavy atom. The lowest BCUT2D eigenvalue weighted by Crippen LogP contribution is -2.21. The Morgan fingerprint density at radius 1 is 1.38 bits per heavy atom. The molecule has 0 aromatic carbocycles. The van der Waals surface area contributed by atoms with E-state index in [2.05, 4.69) is 10.1 Å². The zero-order valence-corrected chi connectivity index (χ0v) is 12.6. The van der Waals surface area contributed by atoms with Crippen molar-refractivity contribution in [1.82, 2.24) is 19.5 Å². The zero-order chi connectivity index (χ0) is 15.0. The second-order valence-electron chi connectivity index (χ2n) is 6.19. The van der Waals surface area contributed by atoms with Gasteiger partial charge in [0, 0.05) is 12.1 Å². The molecule has 6 heteroatoms. The van der Waals surface area contributed by atoms with Crippen molar-refractivity contribution < 1.29 is 5.11 Å². The molecule has 6 nitrogen and oxygen atoms in total. The number of nitrogens with one attached hydrogen (secondary N) is 1. The first-order chi connectivity index (χ1) is 10.1. The summed E-state index contributed by atoms with van der Waals surface area (Å²) in [4.78, 5) is 17.3. The molecule has 1 aliphatic rings. The van der Waals surface area contributed by atoms with E-state index in [1.54, 1.807) is 6.20 Å². The Kier molecular flexibility index (Phi) is 3.71. The Balaban J connectivity index is 2.09. The molecule has 0 amide bonds. The summed E-state index contributed by atoms with van der Waals surface area (Å²) < 4.78 is 1.46. The highest BCUT2D eigenvalue weighted by molar-refractivity contribution is 5.50. The number of hydrogen-bond donors (Lipinski definition) is 2. The van der Waals surface area contributed by atoms with Crippen molar-refractivity contribution in [2.75, 3.05) is 14.1 Å². The van der Waals surface area contributed by atoms with E-state index in [0.29, 0.717) is 17.8 Å². The lowest BCUT2D eigenvalue weighted by Gasteiger charge is -2.21. The molecular weight excluding hydrogens is 268 g/mol. The standard InChI is InChI=1S/C15H22N4O2/c1-18(2)9-11-8-16-19-13(11)17-14(20)12(15(19)21)10-6-4-3-5-7-10/h8,10,21H,3-7,9H2,1-2H3,(H,17,20). The summed E-state index contributed by atoms with van der Waals surface area (Å²) in [5, 5.41) is 14.7. The SMILES string of the molecule is CN(C)Cc1cnn2c(O)c(C3CCCCC3)c(=O)[nH]c12. The lowest BCUT2D eigenvalue weighted by atomic mass is 9.85. The van der Waals surface area contributed by atoms with Crippen LogP contribution in [0.25, 0.3) is 5.65 Å². The van der Waals surface area contributed by atoms with E-state index < -0.39 is 0 Å². The van der Waals surface area contributed by atoms with E-state index in [-0.39, 0.29) is 17.4 Å². The summed E-state index contributed by atoms with van der Waals surface area (Å²) in [5.41, 5.74) is 1.82. The van der Waals surface area contributed by atoms with Crippen molar-refractivity contribution in [2.24, 2.45) is 0 Å². The van der Waals surface area contributed by atoms with Gasteiger partial charge >= 0.3 is 0 Å². The molecule has 1 fully saturated rings. The van der Waals surface area contributed by atoms with Crippen LogP contribution >= 0.6 is 0 Å².